The van der Waals surface area contributed by atoms with Crippen molar-refractivity contribution in [1.29, 1.82) is 0 Å². The molecule has 0 fully saturated rings. The summed E-state index contributed by atoms with van der Waals surface area (Å²) in [4.78, 5) is 4.48. The second kappa shape index (κ2) is 5.55. The topological polar surface area (TPSA) is 31.4 Å². The van der Waals surface area contributed by atoms with Crippen LogP contribution >= 0.6 is 11.6 Å². The molecular weight excluding hydrogens is 250 g/mol. The van der Waals surface area contributed by atoms with Crippen molar-refractivity contribution in [2.75, 3.05) is 7.11 Å². The average Bonchev–Trinajstić information content (AvgIpc) is 2.30. The van der Waals surface area contributed by atoms with E-state index in [4.69, 9.17) is 21.1 Å². The largest absolute Gasteiger partial charge is 0.491 e. The van der Waals surface area contributed by atoms with Gasteiger partial charge in [-0.05, 0) is 38.1 Å². The number of pyridine rings is 1. The smallest absolute Gasteiger partial charge is 0.120 e. The minimum Gasteiger partial charge on any atom is -0.491 e. The Bertz CT molecular complexity index is 555. The van der Waals surface area contributed by atoms with E-state index in [2.05, 4.69) is 4.98 Å². The third kappa shape index (κ3) is 2.92. The Labute approximate surface area is 112 Å². The number of methoxy groups -OCH3 is 1. The van der Waals surface area contributed by atoms with Crippen LogP contribution in [0.2, 0.25) is 5.02 Å². The van der Waals surface area contributed by atoms with Crippen LogP contribution in [0.15, 0.2) is 24.3 Å². The third-order valence-corrected chi connectivity index (χ3v) is 2.76. The lowest BCUT2D eigenvalue weighted by atomic mass is 10.2. The second-order valence-electron chi connectivity index (χ2n) is 4.37. The number of hydrogen-bond acceptors (Lipinski definition) is 3. The number of fused-ring (bicyclic) bond motifs is 1. The van der Waals surface area contributed by atoms with Gasteiger partial charge in [0, 0.05) is 12.5 Å². The minimum atomic E-state index is 0.141. The summed E-state index contributed by atoms with van der Waals surface area (Å²) in [5.41, 5.74) is 1.68. The molecule has 2 aromatic rings. The Hall–Kier alpha value is -1.32. The molecule has 18 heavy (non-hydrogen) atoms. The zero-order chi connectivity index (χ0) is 13.1. The first-order valence-corrected chi connectivity index (χ1v) is 6.22. The molecule has 0 aliphatic heterocycles. The molecule has 0 aliphatic carbocycles. The molecule has 1 heterocycles. The van der Waals surface area contributed by atoms with Crippen molar-refractivity contribution in [3.63, 3.8) is 0 Å². The first kappa shape index (κ1) is 13.1. The van der Waals surface area contributed by atoms with Crippen LogP contribution in [0.5, 0.6) is 5.75 Å². The van der Waals surface area contributed by atoms with Gasteiger partial charge in [-0.2, -0.15) is 0 Å². The number of nitrogens with zero attached hydrogens (tertiary/aromatic N) is 1. The van der Waals surface area contributed by atoms with E-state index in [1.807, 2.05) is 38.1 Å². The second-order valence-corrected chi connectivity index (χ2v) is 4.78. The number of hydrogen-bond donors (Lipinski definition) is 0. The maximum absolute atomic E-state index is 6.26. The zero-order valence-electron chi connectivity index (χ0n) is 10.7. The SMILES string of the molecule is COCc1cc(Cl)c2cc(OC(C)C)ccc2n1. The van der Waals surface area contributed by atoms with Gasteiger partial charge in [-0.1, -0.05) is 11.6 Å². The summed E-state index contributed by atoms with van der Waals surface area (Å²) in [6.07, 6.45) is 0.141. The van der Waals surface area contributed by atoms with E-state index in [-0.39, 0.29) is 6.10 Å². The Morgan fingerprint density at radius 1 is 1.28 bits per heavy atom. The quantitative estimate of drug-likeness (QED) is 0.842. The van der Waals surface area contributed by atoms with Crippen molar-refractivity contribution >= 4 is 22.5 Å². The molecule has 0 atom stereocenters. The molecule has 0 aliphatic rings. The zero-order valence-corrected chi connectivity index (χ0v) is 11.5. The molecule has 4 heteroatoms. The van der Waals surface area contributed by atoms with Gasteiger partial charge >= 0.3 is 0 Å². The summed E-state index contributed by atoms with van der Waals surface area (Å²) in [7, 11) is 1.64. The van der Waals surface area contributed by atoms with Gasteiger partial charge in [0.25, 0.3) is 0 Å². The lowest BCUT2D eigenvalue weighted by Crippen LogP contribution is -2.05. The maximum atomic E-state index is 6.26. The van der Waals surface area contributed by atoms with Gasteiger partial charge < -0.3 is 9.47 Å². The number of halogens is 1. The van der Waals surface area contributed by atoms with Crippen molar-refractivity contribution in [2.24, 2.45) is 0 Å². The number of ether oxygens (including phenoxy) is 2. The molecular formula is C14H16ClNO2. The Morgan fingerprint density at radius 3 is 2.72 bits per heavy atom. The first-order chi connectivity index (χ1) is 8.60. The summed E-state index contributed by atoms with van der Waals surface area (Å²) >= 11 is 6.26. The highest BCUT2D eigenvalue weighted by Gasteiger charge is 2.06. The predicted molar refractivity (Wildman–Crippen MR) is 73.2 cm³/mol. The molecule has 3 nitrogen and oxygen atoms in total. The van der Waals surface area contributed by atoms with Crippen molar-refractivity contribution < 1.29 is 9.47 Å². The normalized spacial score (nSPS) is 11.2. The Balaban J connectivity index is 2.44. The van der Waals surface area contributed by atoms with E-state index >= 15 is 0 Å². The fourth-order valence-corrected chi connectivity index (χ4v) is 2.06. The molecule has 96 valence electrons. The molecule has 2 rings (SSSR count). The molecule has 0 N–H and O–H groups in total. The van der Waals surface area contributed by atoms with Crippen molar-refractivity contribution in [2.45, 2.75) is 26.6 Å². The summed E-state index contributed by atoms with van der Waals surface area (Å²) < 4.78 is 10.7. The van der Waals surface area contributed by atoms with Crippen LogP contribution < -0.4 is 4.74 Å². The monoisotopic (exact) mass is 265 g/mol. The molecule has 0 bridgehead atoms. The van der Waals surface area contributed by atoms with Crippen molar-refractivity contribution in [3.05, 3.63) is 35.0 Å². The molecule has 0 saturated carbocycles. The highest BCUT2D eigenvalue weighted by atomic mass is 35.5. The van der Waals surface area contributed by atoms with Crippen LogP contribution in [-0.4, -0.2) is 18.2 Å². The average molecular weight is 266 g/mol. The minimum absolute atomic E-state index is 0.141. The standard InChI is InChI=1S/C14H16ClNO2/c1-9(2)18-11-4-5-14-12(7-11)13(15)6-10(16-14)8-17-3/h4-7,9H,8H2,1-3H3. The van der Waals surface area contributed by atoms with Gasteiger partial charge in [0.2, 0.25) is 0 Å². The molecule has 0 saturated heterocycles. The highest BCUT2D eigenvalue weighted by molar-refractivity contribution is 6.35. The molecule has 0 spiro atoms. The maximum Gasteiger partial charge on any atom is 0.120 e. The van der Waals surface area contributed by atoms with Crippen LogP contribution in [0.25, 0.3) is 10.9 Å². The fourth-order valence-electron chi connectivity index (χ4n) is 1.78. The van der Waals surface area contributed by atoms with Gasteiger partial charge in [-0.15, -0.1) is 0 Å². The number of aromatic nitrogens is 1. The van der Waals surface area contributed by atoms with Crippen molar-refractivity contribution in [1.82, 2.24) is 4.98 Å². The molecule has 0 amide bonds. The van der Waals surface area contributed by atoms with Crippen LogP contribution in [0, 0.1) is 0 Å². The van der Waals surface area contributed by atoms with Crippen LogP contribution in [0.3, 0.4) is 0 Å². The number of benzene rings is 1. The predicted octanol–water partition coefficient (Wildman–Crippen LogP) is 3.82. The lowest BCUT2D eigenvalue weighted by molar-refractivity contribution is 0.182. The van der Waals surface area contributed by atoms with Crippen molar-refractivity contribution in [3.8, 4) is 5.75 Å². The highest BCUT2D eigenvalue weighted by Crippen LogP contribution is 2.27. The first-order valence-electron chi connectivity index (χ1n) is 5.85. The molecule has 0 radical (unpaired) electrons. The van der Waals surface area contributed by atoms with Crippen LogP contribution in [0.4, 0.5) is 0 Å². The van der Waals surface area contributed by atoms with Gasteiger partial charge in [0.05, 0.1) is 28.9 Å². The van der Waals surface area contributed by atoms with Gasteiger partial charge in [-0.3, -0.25) is 4.98 Å². The van der Waals surface area contributed by atoms with Gasteiger partial charge in [0.1, 0.15) is 5.75 Å². The summed E-state index contributed by atoms with van der Waals surface area (Å²) in [5, 5.41) is 1.57. The van der Waals surface area contributed by atoms with E-state index in [0.29, 0.717) is 11.6 Å². The van der Waals surface area contributed by atoms with E-state index < -0.39 is 0 Å². The summed E-state index contributed by atoms with van der Waals surface area (Å²) in [6, 6.07) is 7.56. The van der Waals surface area contributed by atoms with E-state index in [0.717, 1.165) is 22.3 Å². The molecule has 1 aromatic heterocycles. The van der Waals surface area contributed by atoms with Gasteiger partial charge in [-0.25, -0.2) is 0 Å². The lowest BCUT2D eigenvalue weighted by Gasteiger charge is -2.11. The van der Waals surface area contributed by atoms with E-state index in [1.165, 1.54) is 0 Å². The van der Waals surface area contributed by atoms with Gasteiger partial charge in [0.15, 0.2) is 0 Å². The molecule has 1 aromatic carbocycles. The number of rotatable bonds is 4. The van der Waals surface area contributed by atoms with Crippen LogP contribution in [-0.2, 0) is 11.3 Å². The summed E-state index contributed by atoms with van der Waals surface area (Å²) in [5.74, 6) is 0.806. The van der Waals surface area contributed by atoms with Crippen LogP contribution in [0.1, 0.15) is 19.5 Å². The summed E-state index contributed by atoms with van der Waals surface area (Å²) in [6.45, 7) is 4.44. The Morgan fingerprint density at radius 2 is 2.06 bits per heavy atom. The van der Waals surface area contributed by atoms with E-state index in [9.17, 15) is 0 Å². The van der Waals surface area contributed by atoms with E-state index in [1.54, 1.807) is 7.11 Å². The molecule has 0 unspecified atom stereocenters. The third-order valence-electron chi connectivity index (χ3n) is 2.45. The fraction of sp³-hybridized carbons (Fsp3) is 0.357. The Kier molecular flexibility index (Phi) is 4.04.